The van der Waals surface area contributed by atoms with E-state index >= 15 is 0 Å². The van der Waals surface area contributed by atoms with Crippen LogP contribution in [0.3, 0.4) is 0 Å². The van der Waals surface area contributed by atoms with Crippen molar-refractivity contribution in [3.8, 4) is 0 Å². The third-order valence-electron chi connectivity index (χ3n) is 4.54. The molecule has 0 saturated heterocycles. The fraction of sp³-hybridized carbons (Fsp3) is 0.706. The van der Waals surface area contributed by atoms with Gasteiger partial charge >= 0.3 is 0 Å². The second kappa shape index (κ2) is 11.2. The molecule has 0 aliphatic heterocycles. The number of pyridine rings is 1. The monoisotopic (exact) mass is 405 g/mol. The van der Waals surface area contributed by atoms with Gasteiger partial charge in [0.1, 0.15) is 5.82 Å². The van der Waals surface area contributed by atoms with E-state index in [4.69, 9.17) is 0 Å². The number of nitrogens with one attached hydrogen (secondary N) is 1. The van der Waals surface area contributed by atoms with Crippen LogP contribution >= 0.6 is 0 Å². The Balaban J connectivity index is 0.00000400. The molecule has 0 aliphatic rings. The van der Waals surface area contributed by atoms with Crippen LogP contribution in [0.15, 0.2) is 18.3 Å². The fourth-order valence-electron chi connectivity index (χ4n) is 2.74. The SMILES string of the molecule is CC[N+](CC)(CC)CCCCCNc1cc(C)ccn1.[I-]. The number of aryl methyl sites for hydroxylation is 1. The van der Waals surface area contributed by atoms with E-state index < -0.39 is 0 Å². The first-order valence-electron chi connectivity index (χ1n) is 8.17. The molecule has 0 amide bonds. The van der Waals surface area contributed by atoms with Gasteiger partial charge in [-0.1, -0.05) is 0 Å². The Labute approximate surface area is 148 Å². The number of aromatic nitrogens is 1. The minimum Gasteiger partial charge on any atom is -1.00 e. The van der Waals surface area contributed by atoms with Crippen molar-refractivity contribution < 1.29 is 28.5 Å². The maximum Gasteiger partial charge on any atom is 0.126 e. The summed E-state index contributed by atoms with van der Waals surface area (Å²) in [4.78, 5) is 4.32. The number of anilines is 1. The largest absolute Gasteiger partial charge is 1.00 e. The summed E-state index contributed by atoms with van der Waals surface area (Å²) >= 11 is 0. The van der Waals surface area contributed by atoms with Crippen molar-refractivity contribution in [3.63, 3.8) is 0 Å². The second-order valence-electron chi connectivity index (χ2n) is 5.72. The van der Waals surface area contributed by atoms with Crippen LogP contribution in [0, 0.1) is 6.92 Å². The molecular formula is C17H32IN3. The van der Waals surface area contributed by atoms with Gasteiger partial charge in [0.25, 0.3) is 0 Å². The maximum absolute atomic E-state index is 4.32. The summed E-state index contributed by atoms with van der Waals surface area (Å²) < 4.78 is 1.27. The lowest BCUT2D eigenvalue weighted by molar-refractivity contribution is -0.923. The molecule has 3 nitrogen and oxygen atoms in total. The number of halogens is 1. The van der Waals surface area contributed by atoms with Crippen LogP contribution < -0.4 is 29.3 Å². The Hall–Kier alpha value is -0.360. The Morgan fingerprint density at radius 3 is 2.29 bits per heavy atom. The molecule has 0 aliphatic carbocycles. The minimum absolute atomic E-state index is 0. The molecule has 1 heterocycles. The molecule has 122 valence electrons. The predicted molar refractivity (Wildman–Crippen MR) is 88.1 cm³/mol. The number of hydrogen-bond acceptors (Lipinski definition) is 2. The van der Waals surface area contributed by atoms with E-state index in [2.05, 4.69) is 44.1 Å². The second-order valence-corrected chi connectivity index (χ2v) is 5.72. The van der Waals surface area contributed by atoms with E-state index in [9.17, 15) is 0 Å². The van der Waals surface area contributed by atoms with Gasteiger partial charge in [0.15, 0.2) is 0 Å². The van der Waals surface area contributed by atoms with E-state index in [1.165, 1.54) is 55.5 Å². The van der Waals surface area contributed by atoms with Crippen molar-refractivity contribution in [3.05, 3.63) is 23.9 Å². The van der Waals surface area contributed by atoms with Gasteiger partial charge in [0, 0.05) is 12.7 Å². The third-order valence-corrected chi connectivity index (χ3v) is 4.54. The van der Waals surface area contributed by atoms with Crippen LogP contribution in [0.25, 0.3) is 0 Å². The number of quaternary nitrogens is 1. The summed E-state index contributed by atoms with van der Waals surface area (Å²) in [5, 5.41) is 3.41. The van der Waals surface area contributed by atoms with E-state index in [0.717, 1.165) is 12.4 Å². The summed E-state index contributed by atoms with van der Waals surface area (Å²) in [5.74, 6) is 1.01. The Morgan fingerprint density at radius 2 is 1.71 bits per heavy atom. The molecule has 1 N–H and O–H groups in total. The number of rotatable bonds is 10. The smallest absolute Gasteiger partial charge is 0.126 e. The topological polar surface area (TPSA) is 24.9 Å². The van der Waals surface area contributed by atoms with Crippen molar-refractivity contribution >= 4 is 5.82 Å². The van der Waals surface area contributed by atoms with Crippen LogP contribution in [-0.4, -0.2) is 42.2 Å². The summed E-state index contributed by atoms with van der Waals surface area (Å²) in [6, 6.07) is 4.14. The highest BCUT2D eigenvalue weighted by molar-refractivity contribution is 5.36. The molecule has 1 aromatic heterocycles. The molecule has 1 aromatic rings. The zero-order chi connectivity index (χ0) is 14.8. The van der Waals surface area contributed by atoms with E-state index in [-0.39, 0.29) is 24.0 Å². The number of unbranched alkanes of at least 4 members (excludes halogenated alkanes) is 2. The van der Waals surface area contributed by atoms with Gasteiger partial charge in [-0.2, -0.15) is 0 Å². The molecule has 0 unspecified atom stereocenters. The Bertz CT molecular complexity index is 370. The molecule has 4 heteroatoms. The third kappa shape index (κ3) is 7.45. The van der Waals surface area contributed by atoms with Crippen molar-refractivity contribution in [1.82, 2.24) is 4.98 Å². The van der Waals surface area contributed by atoms with E-state index in [1.807, 2.05) is 12.3 Å². The van der Waals surface area contributed by atoms with Gasteiger partial charge in [0.2, 0.25) is 0 Å². The van der Waals surface area contributed by atoms with E-state index in [1.54, 1.807) is 0 Å². The van der Waals surface area contributed by atoms with Gasteiger partial charge in [0.05, 0.1) is 26.2 Å². The van der Waals surface area contributed by atoms with Crippen LogP contribution in [0.1, 0.15) is 45.6 Å². The zero-order valence-electron chi connectivity index (χ0n) is 14.2. The predicted octanol–water partition coefficient (Wildman–Crippen LogP) is 0.853. The molecule has 0 radical (unpaired) electrons. The molecule has 21 heavy (non-hydrogen) atoms. The average molecular weight is 405 g/mol. The van der Waals surface area contributed by atoms with Crippen molar-refractivity contribution in [1.29, 1.82) is 0 Å². The lowest BCUT2D eigenvalue weighted by Crippen LogP contribution is -3.00. The molecule has 0 saturated carbocycles. The quantitative estimate of drug-likeness (QED) is 0.355. The van der Waals surface area contributed by atoms with Gasteiger partial charge in [-0.05, 0) is 64.7 Å². The molecule has 0 atom stereocenters. The minimum atomic E-state index is 0. The molecule has 0 bridgehead atoms. The molecule has 1 rings (SSSR count). The van der Waals surface area contributed by atoms with Crippen LogP contribution in [0.2, 0.25) is 0 Å². The van der Waals surface area contributed by atoms with E-state index in [0.29, 0.717) is 0 Å². The van der Waals surface area contributed by atoms with Crippen LogP contribution in [0.5, 0.6) is 0 Å². The lowest BCUT2D eigenvalue weighted by atomic mass is 10.2. The highest BCUT2D eigenvalue weighted by Gasteiger charge is 2.19. The summed E-state index contributed by atoms with van der Waals surface area (Å²) in [6.07, 6.45) is 5.73. The number of hydrogen-bond donors (Lipinski definition) is 1. The van der Waals surface area contributed by atoms with Crippen LogP contribution in [-0.2, 0) is 0 Å². The summed E-state index contributed by atoms with van der Waals surface area (Å²) in [5.41, 5.74) is 1.26. The van der Waals surface area contributed by atoms with Crippen molar-refractivity contribution in [2.75, 3.05) is 38.0 Å². The van der Waals surface area contributed by atoms with Gasteiger partial charge in [-0.15, -0.1) is 0 Å². The lowest BCUT2D eigenvalue weighted by Gasteiger charge is -2.35. The van der Waals surface area contributed by atoms with Crippen molar-refractivity contribution in [2.24, 2.45) is 0 Å². The van der Waals surface area contributed by atoms with Gasteiger partial charge < -0.3 is 33.8 Å². The molecule has 0 spiro atoms. The van der Waals surface area contributed by atoms with Crippen LogP contribution in [0.4, 0.5) is 5.82 Å². The maximum atomic E-state index is 4.32. The first kappa shape index (κ1) is 20.6. The first-order valence-corrected chi connectivity index (χ1v) is 8.17. The molecule has 0 fully saturated rings. The first-order chi connectivity index (χ1) is 9.65. The highest BCUT2D eigenvalue weighted by Crippen LogP contribution is 2.10. The standard InChI is InChI=1S/C17H32N3.HI/c1-5-20(6-2,7-3)14-10-8-9-12-18-17-15-16(4)11-13-19-17;/h11,13,15H,5-10,12,14H2,1-4H3,(H,18,19);1H/q+1;/p-1. The Kier molecular flexibility index (Phi) is 11.0. The highest BCUT2D eigenvalue weighted by atomic mass is 127. The zero-order valence-corrected chi connectivity index (χ0v) is 16.3. The summed E-state index contributed by atoms with van der Waals surface area (Å²) in [6.45, 7) is 15.2. The van der Waals surface area contributed by atoms with Gasteiger partial charge in [-0.3, -0.25) is 0 Å². The Morgan fingerprint density at radius 1 is 1.05 bits per heavy atom. The molecule has 0 aromatic carbocycles. The van der Waals surface area contributed by atoms with Gasteiger partial charge in [-0.25, -0.2) is 4.98 Å². The molecular weight excluding hydrogens is 373 g/mol. The average Bonchev–Trinajstić information content (AvgIpc) is 2.47. The van der Waals surface area contributed by atoms with Crippen molar-refractivity contribution in [2.45, 2.75) is 47.0 Å². The fourth-order valence-corrected chi connectivity index (χ4v) is 2.74. The number of nitrogens with zero attached hydrogens (tertiary/aromatic N) is 2. The summed E-state index contributed by atoms with van der Waals surface area (Å²) in [7, 11) is 0. The normalized spacial score (nSPS) is 11.0.